The van der Waals surface area contributed by atoms with Crippen molar-refractivity contribution in [3.63, 3.8) is 0 Å². The lowest BCUT2D eigenvalue weighted by molar-refractivity contribution is 0.796. The van der Waals surface area contributed by atoms with Crippen molar-refractivity contribution in [3.8, 4) is 0 Å². The summed E-state index contributed by atoms with van der Waals surface area (Å²) in [7, 11) is 0. The first kappa shape index (κ1) is 11.9. The SMILES string of the molecule is CC(=N)c1cn(Cc2cc(C)cc(Cl)c2)cn1. The fourth-order valence-corrected chi connectivity index (χ4v) is 2.07. The molecule has 0 amide bonds. The van der Waals surface area contributed by atoms with Gasteiger partial charge >= 0.3 is 0 Å². The topological polar surface area (TPSA) is 41.7 Å². The van der Waals surface area contributed by atoms with Crippen molar-refractivity contribution < 1.29 is 0 Å². The Morgan fingerprint density at radius 2 is 2.18 bits per heavy atom. The van der Waals surface area contributed by atoms with Gasteiger partial charge in [-0.2, -0.15) is 0 Å². The molecular formula is C13H14ClN3. The standard InChI is InChI=1S/C13H14ClN3/c1-9-3-11(5-12(14)4-9)6-17-7-13(10(2)15)16-8-17/h3-5,7-8,15H,6H2,1-2H3. The van der Waals surface area contributed by atoms with E-state index in [1.807, 2.05) is 29.8 Å². The molecule has 0 atom stereocenters. The first-order valence-corrected chi connectivity index (χ1v) is 5.76. The Balaban J connectivity index is 2.22. The zero-order valence-electron chi connectivity index (χ0n) is 9.87. The van der Waals surface area contributed by atoms with Crippen LogP contribution < -0.4 is 0 Å². The molecule has 17 heavy (non-hydrogen) atoms. The molecule has 88 valence electrons. The van der Waals surface area contributed by atoms with Crippen LogP contribution in [0, 0.1) is 12.3 Å². The number of nitrogens with one attached hydrogen (secondary N) is 1. The molecule has 1 N–H and O–H groups in total. The van der Waals surface area contributed by atoms with E-state index < -0.39 is 0 Å². The Morgan fingerprint density at radius 1 is 1.41 bits per heavy atom. The molecule has 1 aromatic carbocycles. The van der Waals surface area contributed by atoms with E-state index in [0.29, 0.717) is 11.4 Å². The van der Waals surface area contributed by atoms with Gasteiger partial charge in [0.05, 0.1) is 12.0 Å². The summed E-state index contributed by atoms with van der Waals surface area (Å²) in [5.74, 6) is 0. The average Bonchev–Trinajstić information content (AvgIpc) is 2.64. The maximum Gasteiger partial charge on any atom is 0.101 e. The van der Waals surface area contributed by atoms with E-state index in [1.165, 1.54) is 0 Å². The Morgan fingerprint density at radius 3 is 2.76 bits per heavy atom. The maximum absolute atomic E-state index is 7.50. The maximum atomic E-state index is 7.50. The Bertz CT molecular complexity index is 537. The number of nitrogens with zero attached hydrogens (tertiary/aromatic N) is 2. The van der Waals surface area contributed by atoms with Crippen molar-refractivity contribution in [1.29, 1.82) is 5.41 Å². The molecule has 2 rings (SSSR count). The highest BCUT2D eigenvalue weighted by Crippen LogP contribution is 2.15. The first-order valence-electron chi connectivity index (χ1n) is 5.38. The molecular weight excluding hydrogens is 234 g/mol. The Labute approximate surface area is 106 Å². The monoisotopic (exact) mass is 247 g/mol. The lowest BCUT2D eigenvalue weighted by Crippen LogP contribution is -1.97. The van der Waals surface area contributed by atoms with Crippen LogP contribution in [-0.4, -0.2) is 15.3 Å². The van der Waals surface area contributed by atoms with Crippen LogP contribution in [0.5, 0.6) is 0 Å². The molecule has 1 aromatic heterocycles. The highest BCUT2D eigenvalue weighted by Gasteiger charge is 2.02. The molecule has 0 bridgehead atoms. The molecule has 0 aliphatic heterocycles. The molecule has 0 spiro atoms. The fraction of sp³-hybridized carbons (Fsp3) is 0.231. The molecule has 3 nitrogen and oxygen atoms in total. The van der Waals surface area contributed by atoms with Crippen molar-refractivity contribution in [2.75, 3.05) is 0 Å². The second kappa shape index (κ2) is 4.72. The van der Waals surface area contributed by atoms with Crippen molar-refractivity contribution in [3.05, 3.63) is 52.6 Å². The van der Waals surface area contributed by atoms with Gasteiger partial charge in [-0.1, -0.05) is 17.7 Å². The third kappa shape index (κ3) is 2.94. The molecule has 0 unspecified atom stereocenters. The van der Waals surface area contributed by atoms with Gasteiger partial charge in [-0.15, -0.1) is 0 Å². The number of rotatable bonds is 3. The van der Waals surface area contributed by atoms with E-state index in [-0.39, 0.29) is 0 Å². The number of hydrogen-bond donors (Lipinski definition) is 1. The first-order chi connectivity index (χ1) is 8.04. The lowest BCUT2D eigenvalue weighted by Gasteiger charge is -2.04. The molecule has 2 aromatic rings. The number of halogens is 1. The zero-order chi connectivity index (χ0) is 12.4. The van der Waals surface area contributed by atoms with Gasteiger partial charge in [-0.3, -0.25) is 0 Å². The van der Waals surface area contributed by atoms with Gasteiger partial charge in [0.25, 0.3) is 0 Å². The van der Waals surface area contributed by atoms with Crippen LogP contribution >= 0.6 is 11.6 Å². The molecule has 0 aliphatic rings. The van der Waals surface area contributed by atoms with E-state index >= 15 is 0 Å². The quantitative estimate of drug-likeness (QED) is 0.831. The van der Waals surface area contributed by atoms with Crippen LogP contribution in [0.3, 0.4) is 0 Å². The minimum Gasteiger partial charge on any atom is -0.332 e. The summed E-state index contributed by atoms with van der Waals surface area (Å²) >= 11 is 6.01. The fourth-order valence-electron chi connectivity index (χ4n) is 1.75. The highest BCUT2D eigenvalue weighted by molar-refractivity contribution is 6.30. The van der Waals surface area contributed by atoms with Crippen LogP contribution in [0.2, 0.25) is 5.02 Å². The molecule has 0 saturated heterocycles. The predicted molar refractivity (Wildman–Crippen MR) is 70.0 cm³/mol. The van der Waals surface area contributed by atoms with Gasteiger partial charge in [-0.05, 0) is 37.1 Å². The van der Waals surface area contributed by atoms with Gasteiger partial charge in [0.1, 0.15) is 5.69 Å². The second-order valence-corrected chi connectivity index (χ2v) is 4.63. The summed E-state index contributed by atoms with van der Waals surface area (Å²) in [5.41, 5.74) is 3.48. The van der Waals surface area contributed by atoms with Crippen LogP contribution in [0.25, 0.3) is 0 Å². The summed E-state index contributed by atoms with van der Waals surface area (Å²) in [6.07, 6.45) is 3.61. The molecule has 0 fully saturated rings. The van der Waals surface area contributed by atoms with Crippen LogP contribution in [0.1, 0.15) is 23.7 Å². The minimum absolute atomic E-state index is 0.478. The van der Waals surface area contributed by atoms with Crippen molar-refractivity contribution in [2.24, 2.45) is 0 Å². The van der Waals surface area contributed by atoms with Crippen molar-refractivity contribution in [1.82, 2.24) is 9.55 Å². The highest BCUT2D eigenvalue weighted by atomic mass is 35.5. The summed E-state index contributed by atoms with van der Waals surface area (Å²) in [6, 6.07) is 5.99. The largest absolute Gasteiger partial charge is 0.332 e. The minimum atomic E-state index is 0.478. The molecule has 4 heteroatoms. The third-order valence-electron chi connectivity index (χ3n) is 2.48. The number of hydrogen-bond acceptors (Lipinski definition) is 2. The van der Waals surface area contributed by atoms with E-state index in [1.54, 1.807) is 13.3 Å². The van der Waals surface area contributed by atoms with Crippen LogP contribution in [0.4, 0.5) is 0 Å². The average molecular weight is 248 g/mol. The van der Waals surface area contributed by atoms with Crippen molar-refractivity contribution >= 4 is 17.3 Å². The van der Waals surface area contributed by atoms with Crippen LogP contribution in [-0.2, 0) is 6.54 Å². The van der Waals surface area contributed by atoms with E-state index in [0.717, 1.165) is 22.7 Å². The van der Waals surface area contributed by atoms with E-state index in [2.05, 4.69) is 11.1 Å². The number of aromatic nitrogens is 2. The number of aryl methyl sites for hydroxylation is 1. The molecule has 0 radical (unpaired) electrons. The normalized spacial score (nSPS) is 10.5. The van der Waals surface area contributed by atoms with Crippen LogP contribution in [0.15, 0.2) is 30.7 Å². The molecule has 0 aliphatic carbocycles. The summed E-state index contributed by atoms with van der Waals surface area (Å²) in [6.45, 7) is 4.48. The molecule has 0 saturated carbocycles. The third-order valence-corrected chi connectivity index (χ3v) is 2.70. The Kier molecular flexibility index (Phi) is 3.29. The van der Waals surface area contributed by atoms with Gasteiger partial charge in [0.15, 0.2) is 0 Å². The van der Waals surface area contributed by atoms with Gasteiger partial charge in [0, 0.05) is 17.8 Å². The van der Waals surface area contributed by atoms with E-state index in [4.69, 9.17) is 17.0 Å². The number of imidazole rings is 1. The smallest absolute Gasteiger partial charge is 0.101 e. The molecule has 1 heterocycles. The lowest BCUT2D eigenvalue weighted by atomic mass is 10.1. The van der Waals surface area contributed by atoms with Gasteiger partial charge in [-0.25, -0.2) is 4.98 Å². The summed E-state index contributed by atoms with van der Waals surface area (Å²) in [5, 5.41) is 8.25. The Hall–Kier alpha value is -1.61. The van der Waals surface area contributed by atoms with Gasteiger partial charge in [0.2, 0.25) is 0 Å². The second-order valence-electron chi connectivity index (χ2n) is 4.19. The van der Waals surface area contributed by atoms with E-state index in [9.17, 15) is 0 Å². The van der Waals surface area contributed by atoms with Gasteiger partial charge < -0.3 is 9.98 Å². The number of benzene rings is 1. The summed E-state index contributed by atoms with van der Waals surface area (Å²) in [4.78, 5) is 4.16. The van der Waals surface area contributed by atoms with Crippen molar-refractivity contribution in [2.45, 2.75) is 20.4 Å². The summed E-state index contributed by atoms with van der Waals surface area (Å²) < 4.78 is 1.96. The zero-order valence-corrected chi connectivity index (χ0v) is 10.6. The predicted octanol–water partition coefficient (Wildman–Crippen LogP) is 3.28.